The van der Waals surface area contributed by atoms with Gasteiger partial charge in [0.15, 0.2) is 0 Å². The van der Waals surface area contributed by atoms with E-state index in [2.05, 4.69) is 26.0 Å². The summed E-state index contributed by atoms with van der Waals surface area (Å²) in [6.45, 7) is 2.53. The van der Waals surface area contributed by atoms with Crippen LogP contribution >= 0.6 is 11.8 Å². The fourth-order valence-electron chi connectivity index (χ4n) is 2.33. The van der Waals surface area contributed by atoms with E-state index in [9.17, 15) is 9.18 Å². The summed E-state index contributed by atoms with van der Waals surface area (Å²) in [5, 5.41) is 14.8. The average Bonchev–Trinajstić information content (AvgIpc) is 3.08. The Morgan fingerprint density at radius 2 is 2.10 bits per heavy atom. The number of hydrogen-bond donors (Lipinski definition) is 3. The van der Waals surface area contributed by atoms with E-state index in [4.69, 9.17) is 10.6 Å². The van der Waals surface area contributed by atoms with Gasteiger partial charge in [-0.05, 0) is 55.0 Å². The van der Waals surface area contributed by atoms with Gasteiger partial charge in [-0.25, -0.2) is 14.5 Å². The van der Waals surface area contributed by atoms with Gasteiger partial charge in [0, 0.05) is 5.69 Å². The summed E-state index contributed by atoms with van der Waals surface area (Å²) in [6, 6.07) is 13.1. The first kappa shape index (κ1) is 21.1. The van der Waals surface area contributed by atoms with Gasteiger partial charge >= 0.3 is 0 Å². The minimum Gasteiger partial charge on any atom is -0.494 e. The zero-order valence-corrected chi connectivity index (χ0v) is 16.9. The molecule has 156 valence electrons. The van der Waals surface area contributed by atoms with Gasteiger partial charge in [0.05, 0.1) is 18.6 Å². The highest BCUT2D eigenvalue weighted by Crippen LogP contribution is 2.18. The molecule has 2 aromatic carbocycles. The monoisotopic (exact) mass is 429 g/mol. The lowest BCUT2D eigenvalue weighted by Gasteiger charge is -2.05. The van der Waals surface area contributed by atoms with Crippen molar-refractivity contribution >= 4 is 35.5 Å². The van der Waals surface area contributed by atoms with Gasteiger partial charge in [0.2, 0.25) is 11.1 Å². The Kier molecular flexibility index (Phi) is 7.22. The lowest BCUT2D eigenvalue weighted by Crippen LogP contribution is -2.17. The molecule has 1 aromatic heterocycles. The Labute approximate surface area is 176 Å². The summed E-state index contributed by atoms with van der Waals surface area (Å²) in [7, 11) is 0. The van der Waals surface area contributed by atoms with Crippen molar-refractivity contribution in [3.05, 3.63) is 59.9 Å². The summed E-state index contributed by atoms with van der Waals surface area (Å²) in [5.74, 6) is 6.21. The molecule has 30 heavy (non-hydrogen) atoms. The number of nitrogens with two attached hydrogens (primary N) is 1. The zero-order chi connectivity index (χ0) is 21.3. The predicted molar refractivity (Wildman–Crippen MR) is 115 cm³/mol. The number of ether oxygens (including phenoxy) is 1. The zero-order valence-electron chi connectivity index (χ0n) is 16.1. The molecule has 0 unspecified atom stereocenters. The van der Waals surface area contributed by atoms with Crippen LogP contribution in [0, 0.1) is 5.82 Å². The molecule has 3 rings (SSSR count). The molecule has 0 spiro atoms. The third-order valence-corrected chi connectivity index (χ3v) is 4.62. The van der Waals surface area contributed by atoms with Crippen molar-refractivity contribution < 1.29 is 13.9 Å². The van der Waals surface area contributed by atoms with Crippen LogP contribution in [-0.4, -0.2) is 39.4 Å². The molecule has 0 radical (unpaired) electrons. The van der Waals surface area contributed by atoms with Gasteiger partial charge in [-0.2, -0.15) is 5.10 Å². The first-order valence-electron chi connectivity index (χ1n) is 8.96. The van der Waals surface area contributed by atoms with Crippen LogP contribution in [0.5, 0.6) is 5.75 Å². The average molecular weight is 429 g/mol. The molecule has 3 aromatic rings. The van der Waals surface area contributed by atoms with Crippen molar-refractivity contribution in [3.8, 4) is 5.75 Å². The maximum absolute atomic E-state index is 13.2. The van der Waals surface area contributed by atoms with Crippen LogP contribution in [0.1, 0.15) is 12.5 Å². The SMILES string of the molecule is CCOc1ccc(/C=N/Nc2nnc(SCC(=O)Nc3cccc(F)c3)n2N)cc1. The van der Waals surface area contributed by atoms with E-state index in [0.717, 1.165) is 23.1 Å². The van der Waals surface area contributed by atoms with Gasteiger partial charge in [-0.3, -0.25) is 4.79 Å². The molecular weight excluding hydrogens is 409 g/mol. The minimum absolute atomic E-state index is 0.0291. The van der Waals surface area contributed by atoms with Gasteiger partial charge in [0.25, 0.3) is 5.95 Å². The molecule has 0 saturated carbocycles. The number of carbonyl (C=O) groups excluding carboxylic acids is 1. The van der Waals surface area contributed by atoms with Crippen LogP contribution in [0.3, 0.4) is 0 Å². The highest BCUT2D eigenvalue weighted by Gasteiger charge is 2.12. The molecule has 11 heteroatoms. The van der Waals surface area contributed by atoms with Crippen LogP contribution in [0.4, 0.5) is 16.0 Å². The Morgan fingerprint density at radius 1 is 1.30 bits per heavy atom. The van der Waals surface area contributed by atoms with E-state index in [1.54, 1.807) is 12.3 Å². The number of nitrogens with zero attached hydrogens (tertiary/aromatic N) is 4. The van der Waals surface area contributed by atoms with E-state index in [1.807, 2.05) is 31.2 Å². The Bertz CT molecular complexity index is 1020. The normalized spacial score (nSPS) is 10.9. The number of amides is 1. The van der Waals surface area contributed by atoms with Crippen molar-refractivity contribution in [2.45, 2.75) is 12.1 Å². The van der Waals surface area contributed by atoms with Crippen LogP contribution in [0.15, 0.2) is 58.8 Å². The Balaban J connectivity index is 1.50. The number of rotatable bonds is 9. The fraction of sp³-hybridized carbons (Fsp3) is 0.158. The Hall–Kier alpha value is -3.60. The molecule has 1 heterocycles. The van der Waals surface area contributed by atoms with Crippen LogP contribution in [0.25, 0.3) is 0 Å². The van der Waals surface area contributed by atoms with Gasteiger partial charge in [-0.1, -0.05) is 17.8 Å². The van der Waals surface area contributed by atoms with Crippen molar-refractivity contribution in [2.24, 2.45) is 5.10 Å². The number of hydrogen-bond acceptors (Lipinski definition) is 8. The van der Waals surface area contributed by atoms with E-state index in [0.29, 0.717) is 17.5 Å². The Morgan fingerprint density at radius 3 is 2.83 bits per heavy atom. The number of nitrogens with one attached hydrogen (secondary N) is 2. The van der Waals surface area contributed by atoms with Crippen molar-refractivity contribution in [2.75, 3.05) is 28.9 Å². The first-order chi connectivity index (χ1) is 14.5. The summed E-state index contributed by atoms with van der Waals surface area (Å²) in [4.78, 5) is 12.0. The summed E-state index contributed by atoms with van der Waals surface area (Å²) >= 11 is 1.09. The molecule has 0 fully saturated rings. The lowest BCUT2D eigenvalue weighted by atomic mass is 10.2. The number of nitrogen functional groups attached to an aromatic ring is 1. The van der Waals surface area contributed by atoms with Crippen molar-refractivity contribution in [1.29, 1.82) is 0 Å². The highest BCUT2D eigenvalue weighted by atomic mass is 32.2. The largest absolute Gasteiger partial charge is 0.494 e. The third-order valence-electron chi connectivity index (χ3n) is 3.67. The first-order valence-corrected chi connectivity index (χ1v) is 9.94. The number of carbonyl (C=O) groups is 1. The van der Waals surface area contributed by atoms with Crippen molar-refractivity contribution in [3.63, 3.8) is 0 Å². The third kappa shape index (κ3) is 5.95. The summed E-state index contributed by atoms with van der Waals surface area (Å²) in [6.07, 6.45) is 1.60. The maximum Gasteiger partial charge on any atom is 0.264 e. The quantitative estimate of drug-likeness (QED) is 0.207. The van der Waals surface area contributed by atoms with Crippen LogP contribution in [-0.2, 0) is 4.79 Å². The minimum atomic E-state index is -0.427. The van der Waals surface area contributed by atoms with E-state index in [-0.39, 0.29) is 17.6 Å². The van der Waals surface area contributed by atoms with E-state index in [1.165, 1.54) is 22.9 Å². The molecule has 0 atom stereocenters. The smallest absolute Gasteiger partial charge is 0.264 e. The van der Waals surface area contributed by atoms with Gasteiger partial charge in [-0.15, -0.1) is 10.2 Å². The number of thioether (sulfide) groups is 1. The van der Waals surface area contributed by atoms with Crippen LogP contribution < -0.4 is 21.3 Å². The number of anilines is 2. The highest BCUT2D eigenvalue weighted by molar-refractivity contribution is 7.99. The number of benzene rings is 2. The second-order valence-corrected chi connectivity index (χ2v) is 6.84. The molecule has 0 aliphatic heterocycles. The second-order valence-electron chi connectivity index (χ2n) is 5.90. The fourth-order valence-corrected chi connectivity index (χ4v) is 2.98. The molecule has 0 aliphatic rings. The van der Waals surface area contributed by atoms with Crippen molar-refractivity contribution in [1.82, 2.24) is 14.9 Å². The number of aromatic nitrogens is 3. The maximum atomic E-state index is 13.2. The van der Waals surface area contributed by atoms with Crippen LogP contribution in [0.2, 0.25) is 0 Å². The molecule has 0 aliphatic carbocycles. The lowest BCUT2D eigenvalue weighted by molar-refractivity contribution is -0.113. The van der Waals surface area contributed by atoms with E-state index < -0.39 is 5.82 Å². The van der Waals surface area contributed by atoms with E-state index >= 15 is 0 Å². The standard InChI is InChI=1S/C19H20FN7O2S/c1-2-29-16-8-6-13(7-9-16)11-22-24-18-25-26-19(27(18)21)30-12-17(28)23-15-5-3-4-14(20)10-15/h3-11H,2,12,21H2,1H3,(H,23,28)(H,24,25)/b22-11+. The molecular formula is C19H20FN7O2S. The second kappa shape index (κ2) is 10.3. The molecule has 1 amide bonds. The summed E-state index contributed by atoms with van der Waals surface area (Å²) in [5.41, 5.74) is 3.94. The molecule has 4 N–H and O–H groups in total. The predicted octanol–water partition coefficient (Wildman–Crippen LogP) is 2.71. The summed E-state index contributed by atoms with van der Waals surface area (Å²) < 4.78 is 19.7. The molecule has 9 nitrogen and oxygen atoms in total. The number of halogens is 1. The topological polar surface area (TPSA) is 119 Å². The molecule has 0 bridgehead atoms. The van der Waals surface area contributed by atoms with Gasteiger partial charge in [0.1, 0.15) is 11.6 Å². The number of hydrazone groups is 1. The molecule has 0 saturated heterocycles. The van der Waals surface area contributed by atoms with Gasteiger partial charge < -0.3 is 15.9 Å².